The number of anilines is 1. The highest BCUT2D eigenvalue weighted by atomic mass is 16.5. The first kappa shape index (κ1) is 28.0. The Labute approximate surface area is 244 Å². The van der Waals surface area contributed by atoms with Crippen LogP contribution in [0.5, 0.6) is 5.75 Å². The van der Waals surface area contributed by atoms with Crippen molar-refractivity contribution in [1.29, 1.82) is 0 Å². The maximum Gasteiger partial charge on any atom is 0.342 e. The number of amidine groups is 1. The molecule has 1 atom stereocenters. The van der Waals surface area contributed by atoms with Crippen molar-refractivity contribution in [1.82, 2.24) is 24.8 Å². The van der Waals surface area contributed by atoms with Crippen LogP contribution in [-0.2, 0) is 9.47 Å². The molecule has 14 heteroatoms. The van der Waals surface area contributed by atoms with Gasteiger partial charge in [0, 0.05) is 59.2 Å². The molecule has 4 aliphatic rings. The number of carbonyl (C=O) groups excluding carboxylic acids is 1. The molecular formula is C28H37N9O5. The molecular weight excluding hydrogens is 542 g/mol. The molecule has 224 valence electrons. The average Bonchev–Trinajstić information content (AvgIpc) is 3.74. The minimum absolute atomic E-state index is 0.129. The third-order valence-electron chi connectivity index (χ3n) is 7.73. The number of hydrogen-bond donors (Lipinski definition) is 1. The number of carbonyl (C=O) groups is 1. The smallest absolute Gasteiger partial charge is 0.342 e. The van der Waals surface area contributed by atoms with E-state index in [0.717, 1.165) is 38.5 Å². The molecule has 4 aliphatic heterocycles. The van der Waals surface area contributed by atoms with Crippen LogP contribution >= 0.6 is 0 Å². The number of nitrogens with two attached hydrogens (primary N) is 1. The van der Waals surface area contributed by atoms with Crippen molar-refractivity contribution in [3.8, 4) is 5.75 Å². The van der Waals surface area contributed by atoms with Crippen LogP contribution in [-0.4, -0.2) is 129 Å². The van der Waals surface area contributed by atoms with Gasteiger partial charge in [-0.1, -0.05) is 0 Å². The van der Waals surface area contributed by atoms with Crippen LogP contribution in [0.4, 0.5) is 10.5 Å². The zero-order valence-electron chi connectivity index (χ0n) is 24.0. The predicted molar refractivity (Wildman–Crippen MR) is 156 cm³/mol. The number of fused-ring (bicyclic) bond motifs is 3. The van der Waals surface area contributed by atoms with Crippen LogP contribution in [0.2, 0.25) is 0 Å². The molecule has 1 aromatic heterocycles. The molecule has 0 aliphatic carbocycles. The van der Waals surface area contributed by atoms with E-state index in [4.69, 9.17) is 29.5 Å². The number of nitrogens with zero attached hydrogens (tertiary/aromatic N) is 8. The van der Waals surface area contributed by atoms with Crippen LogP contribution in [0.25, 0.3) is 5.70 Å². The van der Waals surface area contributed by atoms with Gasteiger partial charge in [0.05, 0.1) is 26.0 Å². The number of rotatable bonds is 12. The summed E-state index contributed by atoms with van der Waals surface area (Å²) >= 11 is 0. The summed E-state index contributed by atoms with van der Waals surface area (Å²) in [4.78, 5) is 29.7. The first-order chi connectivity index (χ1) is 20.6. The second-order valence-corrected chi connectivity index (χ2v) is 10.2. The van der Waals surface area contributed by atoms with Gasteiger partial charge in [-0.05, 0) is 36.4 Å². The minimum Gasteiger partial charge on any atom is -0.491 e. The summed E-state index contributed by atoms with van der Waals surface area (Å²) in [6.07, 6.45) is 2.53. The van der Waals surface area contributed by atoms with E-state index >= 15 is 0 Å². The summed E-state index contributed by atoms with van der Waals surface area (Å²) in [7, 11) is 3.28. The molecule has 0 bridgehead atoms. The van der Waals surface area contributed by atoms with E-state index in [1.165, 1.54) is 17.0 Å². The van der Waals surface area contributed by atoms with Crippen molar-refractivity contribution < 1.29 is 23.4 Å². The summed E-state index contributed by atoms with van der Waals surface area (Å²) in [5.41, 5.74) is 2.38. The van der Waals surface area contributed by atoms with E-state index in [0.29, 0.717) is 55.9 Å². The van der Waals surface area contributed by atoms with Crippen LogP contribution in [0, 0.1) is 0 Å². The van der Waals surface area contributed by atoms with Crippen molar-refractivity contribution in [2.75, 3.05) is 84.8 Å². The molecule has 0 saturated carbocycles. The number of benzene rings is 1. The van der Waals surface area contributed by atoms with Gasteiger partial charge in [0.1, 0.15) is 30.1 Å². The van der Waals surface area contributed by atoms with Gasteiger partial charge in [0.25, 0.3) is 0 Å². The van der Waals surface area contributed by atoms with Crippen LogP contribution in [0.15, 0.2) is 62.8 Å². The highest BCUT2D eigenvalue weighted by Gasteiger charge is 2.52. The topological polar surface area (TPSA) is 128 Å². The van der Waals surface area contributed by atoms with E-state index in [1.807, 2.05) is 23.2 Å². The van der Waals surface area contributed by atoms with Crippen molar-refractivity contribution in [2.24, 2.45) is 15.8 Å². The lowest BCUT2D eigenvalue weighted by Crippen LogP contribution is -2.49. The summed E-state index contributed by atoms with van der Waals surface area (Å²) < 4.78 is 21.7. The zero-order valence-corrected chi connectivity index (χ0v) is 24.0. The largest absolute Gasteiger partial charge is 0.491 e. The van der Waals surface area contributed by atoms with Crippen molar-refractivity contribution in [2.45, 2.75) is 6.29 Å². The lowest BCUT2D eigenvalue weighted by atomic mass is 10.2. The molecule has 2 aromatic rings. The fourth-order valence-electron chi connectivity index (χ4n) is 5.53. The number of aliphatic imine (C=N–C) groups is 2. The highest BCUT2D eigenvalue weighted by molar-refractivity contribution is 6.12. The number of piperazine rings is 1. The molecule has 2 fully saturated rings. The molecule has 5 heterocycles. The van der Waals surface area contributed by atoms with Crippen molar-refractivity contribution in [3.63, 3.8) is 0 Å². The first-order valence-electron chi connectivity index (χ1n) is 14.1. The SMILES string of the molecule is COCCOc1ccc(N2CCN(CCN3C(=O)N(CCOC)N4C5=C(c6ccco6)N=CN(N)C5=NC34)CC2)cc1. The van der Waals surface area contributed by atoms with Gasteiger partial charge in [-0.3, -0.25) is 9.80 Å². The molecule has 2 amide bonds. The molecule has 1 aromatic carbocycles. The third kappa shape index (κ3) is 5.41. The molecule has 2 saturated heterocycles. The Balaban J connectivity index is 1.11. The molecule has 2 N–H and O–H groups in total. The Kier molecular flexibility index (Phi) is 8.28. The molecule has 1 unspecified atom stereocenters. The van der Waals surface area contributed by atoms with E-state index in [2.05, 4.69) is 26.9 Å². The number of furan rings is 1. The number of urea groups is 1. The van der Waals surface area contributed by atoms with Gasteiger partial charge in [-0.25, -0.2) is 35.6 Å². The summed E-state index contributed by atoms with van der Waals surface area (Å²) in [6.45, 7) is 6.66. The van der Waals surface area contributed by atoms with Gasteiger partial charge in [0.2, 0.25) is 6.29 Å². The fraction of sp³-hybridized carbons (Fsp3) is 0.464. The van der Waals surface area contributed by atoms with Gasteiger partial charge in [0.15, 0.2) is 11.6 Å². The molecule has 0 spiro atoms. The van der Waals surface area contributed by atoms with E-state index in [-0.39, 0.29) is 6.03 Å². The Morgan fingerprint density at radius 3 is 2.48 bits per heavy atom. The second-order valence-electron chi connectivity index (χ2n) is 10.2. The van der Waals surface area contributed by atoms with Crippen LogP contribution in [0.1, 0.15) is 5.76 Å². The highest BCUT2D eigenvalue weighted by Crippen LogP contribution is 2.39. The van der Waals surface area contributed by atoms with Gasteiger partial charge >= 0.3 is 6.03 Å². The summed E-state index contributed by atoms with van der Waals surface area (Å²) in [5.74, 6) is 8.19. The maximum atomic E-state index is 13.7. The lowest BCUT2D eigenvalue weighted by Gasteiger charge is -2.36. The lowest BCUT2D eigenvalue weighted by molar-refractivity contribution is 0.0402. The van der Waals surface area contributed by atoms with Crippen molar-refractivity contribution >= 4 is 29.6 Å². The first-order valence-corrected chi connectivity index (χ1v) is 14.1. The zero-order chi connectivity index (χ0) is 29.1. The standard InChI is InChI=1S/C28H37N9O5/c1-39-17-15-36-28(38)34(27-31-26-25(37(27)36)24(30-20-35(26)29)23-4-3-16-42-23)14-11-32-9-12-33(13-10-32)21-5-7-22(8-6-21)41-19-18-40-2/h3-8,16,20,27H,9-15,17-19,29H2,1-2H3. The quantitative estimate of drug-likeness (QED) is 0.290. The fourth-order valence-corrected chi connectivity index (χ4v) is 5.53. The van der Waals surface area contributed by atoms with Crippen LogP contribution in [0.3, 0.4) is 0 Å². The molecule has 0 radical (unpaired) electrons. The third-order valence-corrected chi connectivity index (χ3v) is 7.73. The van der Waals surface area contributed by atoms with Gasteiger partial charge in [-0.15, -0.1) is 0 Å². The Morgan fingerprint density at radius 1 is 0.976 bits per heavy atom. The number of hydrogen-bond acceptors (Lipinski definition) is 12. The normalized spacial score (nSPS) is 20.5. The number of hydrazine groups is 2. The minimum atomic E-state index is -0.567. The van der Waals surface area contributed by atoms with Crippen molar-refractivity contribution in [3.05, 3.63) is 54.1 Å². The maximum absolute atomic E-state index is 13.7. The Hall–Kier alpha value is -4.11. The summed E-state index contributed by atoms with van der Waals surface area (Å²) in [5, 5.41) is 4.92. The summed E-state index contributed by atoms with van der Waals surface area (Å²) in [6, 6.07) is 11.7. The Bertz CT molecular complexity index is 1320. The monoisotopic (exact) mass is 579 g/mol. The predicted octanol–water partition coefficient (Wildman–Crippen LogP) is 1.31. The van der Waals surface area contributed by atoms with Gasteiger partial charge in [-0.2, -0.15) is 0 Å². The van der Waals surface area contributed by atoms with Crippen LogP contribution < -0.4 is 15.5 Å². The number of methoxy groups -OCH3 is 2. The van der Waals surface area contributed by atoms with Gasteiger partial charge < -0.3 is 23.5 Å². The van der Waals surface area contributed by atoms with E-state index < -0.39 is 6.29 Å². The van der Waals surface area contributed by atoms with E-state index in [9.17, 15) is 4.79 Å². The average molecular weight is 580 g/mol. The van der Waals surface area contributed by atoms with E-state index in [1.54, 1.807) is 36.5 Å². The Morgan fingerprint density at radius 2 is 1.76 bits per heavy atom. The molecule has 14 nitrogen and oxygen atoms in total. The second kappa shape index (κ2) is 12.4. The number of amides is 2. The number of ether oxygens (including phenoxy) is 3. The molecule has 42 heavy (non-hydrogen) atoms. The molecule has 6 rings (SSSR count).